The molecule has 5 nitrogen and oxygen atoms in total. The topological polar surface area (TPSA) is 59.5 Å². The molecule has 1 aromatic heterocycles. The van der Waals surface area contributed by atoms with Crippen LogP contribution in [0.5, 0.6) is 0 Å². The molecule has 1 aromatic carbocycles. The van der Waals surface area contributed by atoms with Crippen molar-refractivity contribution in [1.29, 1.82) is 0 Å². The number of nitrogens with zero attached hydrogens (tertiary/aromatic N) is 2. The van der Waals surface area contributed by atoms with Gasteiger partial charge in [-0.3, -0.25) is 9.78 Å². The Bertz CT molecular complexity index is 721. The molecule has 1 aliphatic rings. The lowest BCUT2D eigenvalue weighted by molar-refractivity contribution is 0.0525. The molecule has 0 saturated carbocycles. The molecular weight excluding hydrogens is 292 g/mol. The maximum atomic E-state index is 12.1. The highest BCUT2D eigenvalue weighted by atomic mass is 16.5. The largest absolute Gasteiger partial charge is 0.462 e. The highest BCUT2D eigenvalue weighted by Crippen LogP contribution is 2.21. The van der Waals surface area contributed by atoms with Crippen LogP contribution in [0.3, 0.4) is 0 Å². The van der Waals surface area contributed by atoms with Crippen molar-refractivity contribution in [2.24, 2.45) is 0 Å². The molecule has 0 aliphatic carbocycles. The molecule has 0 radical (unpaired) electrons. The standard InChI is InChI=1S/C18H18N2O3/c1-2-23-18(22)16-10-15(11-19-12-16)13-4-6-14(7-5-13)17(21)20-8-3-9-20/h4-7,10-12H,2-3,8-9H2,1H3. The molecule has 23 heavy (non-hydrogen) atoms. The number of carbonyl (C=O) groups is 2. The molecule has 1 saturated heterocycles. The molecule has 1 aliphatic heterocycles. The first-order valence-electron chi connectivity index (χ1n) is 7.71. The predicted octanol–water partition coefficient (Wildman–Crippen LogP) is 2.77. The Balaban J connectivity index is 1.80. The number of amides is 1. The number of likely N-dealkylation sites (tertiary alicyclic amines) is 1. The van der Waals surface area contributed by atoms with Crippen LogP contribution in [0.4, 0.5) is 0 Å². The van der Waals surface area contributed by atoms with E-state index in [1.807, 2.05) is 29.2 Å². The number of esters is 1. The Kier molecular flexibility index (Phi) is 4.37. The quantitative estimate of drug-likeness (QED) is 0.815. The highest BCUT2D eigenvalue weighted by molar-refractivity contribution is 5.95. The predicted molar refractivity (Wildman–Crippen MR) is 86.2 cm³/mol. The minimum Gasteiger partial charge on any atom is -0.462 e. The van der Waals surface area contributed by atoms with Gasteiger partial charge in [0.2, 0.25) is 0 Å². The van der Waals surface area contributed by atoms with E-state index in [4.69, 9.17) is 4.74 Å². The van der Waals surface area contributed by atoms with Crippen molar-refractivity contribution in [2.45, 2.75) is 13.3 Å². The van der Waals surface area contributed by atoms with Gasteiger partial charge in [0.05, 0.1) is 12.2 Å². The van der Waals surface area contributed by atoms with E-state index in [0.29, 0.717) is 17.7 Å². The fourth-order valence-corrected chi connectivity index (χ4v) is 2.43. The first-order valence-corrected chi connectivity index (χ1v) is 7.71. The van der Waals surface area contributed by atoms with Crippen molar-refractivity contribution in [2.75, 3.05) is 19.7 Å². The Labute approximate surface area is 134 Å². The number of hydrogen-bond acceptors (Lipinski definition) is 4. The maximum absolute atomic E-state index is 12.1. The maximum Gasteiger partial charge on any atom is 0.339 e. The molecule has 118 valence electrons. The lowest BCUT2D eigenvalue weighted by Crippen LogP contribution is -2.41. The molecular formula is C18H18N2O3. The van der Waals surface area contributed by atoms with Crippen LogP contribution < -0.4 is 0 Å². The number of pyridine rings is 1. The van der Waals surface area contributed by atoms with Crippen LogP contribution in [-0.2, 0) is 4.74 Å². The summed E-state index contributed by atoms with van der Waals surface area (Å²) in [5.74, 6) is -0.312. The highest BCUT2D eigenvalue weighted by Gasteiger charge is 2.21. The molecule has 1 amide bonds. The monoisotopic (exact) mass is 310 g/mol. The second kappa shape index (κ2) is 6.60. The van der Waals surface area contributed by atoms with Crippen LogP contribution >= 0.6 is 0 Å². The van der Waals surface area contributed by atoms with Gasteiger partial charge in [0.25, 0.3) is 5.91 Å². The van der Waals surface area contributed by atoms with Crippen molar-refractivity contribution in [3.63, 3.8) is 0 Å². The fourth-order valence-electron chi connectivity index (χ4n) is 2.43. The van der Waals surface area contributed by atoms with Gasteiger partial charge in [0.1, 0.15) is 0 Å². The number of hydrogen-bond donors (Lipinski definition) is 0. The summed E-state index contributed by atoms with van der Waals surface area (Å²) in [6.07, 6.45) is 4.26. The Morgan fingerprint density at radius 3 is 2.43 bits per heavy atom. The van der Waals surface area contributed by atoms with Gasteiger partial charge in [0.15, 0.2) is 0 Å². The Morgan fingerprint density at radius 1 is 1.09 bits per heavy atom. The molecule has 0 N–H and O–H groups in total. The van der Waals surface area contributed by atoms with Crippen LogP contribution in [-0.4, -0.2) is 41.5 Å². The van der Waals surface area contributed by atoms with E-state index in [9.17, 15) is 9.59 Å². The summed E-state index contributed by atoms with van der Waals surface area (Å²) < 4.78 is 4.99. The molecule has 2 heterocycles. The van der Waals surface area contributed by atoms with E-state index < -0.39 is 0 Å². The van der Waals surface area contributed by atoms with Gasteiger partial charge in [0, 0.05) is 36.6 Å². The third kappa shape index (κ3) is 3.23. The summed E-state index contributed by atoms with van der Waals surface area (Å²) in [4.78, 5) is 29.8. The van der Waals surface area contributed by atoms with Crippen molar-refractivity contribution in [1.82, 2.24) is 9.88 Å². The Morgan fingerprint density at radius 2 is 1.83 bits per heavy atom. The summed E-state index contributed by atoms with van der Waals surface area (Å²) >= 11 is 0. The van der Waals surface area contributed by atoms with Gasteiger partial charge in [-0.1, -0.05) is 12.1 Å². The second-order valence-corrected chi connectivity index (χ2v) is 5.41. The molecule has 3 rings (SSSR count). The van der Waals surface area contributed by atoms with Crippen molar-refractivity contribution < 1.29 is 14.3 Å². The van der Waals surface area contributed by atoms with E-state index in [1.54, 1.807) is 19.2 Å². The Hall–Kier alpha value is -2.69. The van der Waals surface area contributed by atoms with E-state index >= 15 is 0 Å². The van der Waals surface area contributed by atoms with E-state index in [2.05, 4.69) is 4.98 Å². The lowest BCUT2D eigenvalue weighted by Gasteiger charge is -2.30. The zero-order valence-corrected chi connectivity index (χ0v) is 13.0. The summed E-state index contributed by atoms with van der Waals surface area (Å²) in [6, 6.07) is 9.12. The summed E-state index contributed by atoms with van der Waals surface area (Å²) in [7, 11) is 0. The van der Waals surface area contributed by atoms with E-state index in [0.717, 1.165) is 30.6 Å². The van der Waals surface area contributed by atoms with Gasteiger partial charge >= 0.3 is 5.97 Å². The van der Waals surface area contributed by atoms with Crippen LogP contribution in [0.15, 0.2) is 42.7 Å². The zero-order valence-electron chi connectivity index (χ0n) is 13.0. The van der Waals surface area contributed by atoms with E-state index in [-0.39, 0.29) is 11.9 Å². The molecule has 5 heteroatoms. The van der Waals surface area contributed by atoms with Gasteiger partial charge < -0.3 is 9.64 Å². The third-order valence-electron chi connectivity index (χ3n) is 3.86. The van der Waals surface area contributed by atoms with Gasteiger partial charge in [-0.05, 0) is 37.1 Å². The summed E-state index contributed by atoms with van der Waals surface area (Å²) in [5, 5.41) is 0. The number of ether oxygens (including phenoxy) is 1. The summed E-state index contributed by atoms with van der Waals surface area (Å²) in [6.45, 7) is 3.78. The van der Waals surface area contributed by atoms with Crippen LogP contribution in [0.2, 0.25) is 0 Å². The van der Waals surface area contributed by atoms with E-state index in [1.165, 1.54) is 6.20 Å². The average Bonchev–Trinajstić information content (AvgIpc) is 2.54. The molecule has 1 fully saturated rings. The number of aromatic nitrogens is 1. The van der Waals surface area contributed by atoms with Crippen LogP contribution in [0, 0.1) is 0 Å². The lowest BCUT2D eigenvalue weighted by atomic mass is 10.0. The molecule has 0 bridgehead atoms. The average molecular weight is 310 g/mol. The molecule has 0 unspecified atom stereocenters. The van der Waals surface area contributed by atoms with Gasteiger partial charge in [-0.15, -0.1) is 0 Å². The number of rotatable bonds is 4. The van der Waals surface area contributed by atoms with Gasteiger partial charge in [-0.25, -0.2) is 4.79 Å². The summed E-state index contributed by atoms with van der Waals surface area (Å²) in [5.41, 5.74) is 2.83. The second-order valence-electron chi connectivity index (χ2n) is 5.41. The zero-order chi connectivity index (χ0) is 16.2. The fraction of sp³-hybridized carbons (Fsp3) is 0.278. The smallest absolute Gasteiger partial charge is 0.339 e. The number of carbonyl (C=O) groups excluding carboxylic acids is 2. The molecule has 2 aromatic rings. The van der Waals surface area contributed by atoms with Crippen LogP contribution in [0.1, 0.15) is 34.1 Å². The minimum absolute atomic E-state index is 0.0706. The minimum atomic E-state index is -0.383. The van der Waals surface area contributed by atoms with Gasteiger partial charge in [-0.2, -0.15) is 0 Å². The molecule has 0 atom stereocenters. The first-order chi connectivity index (χ1) is 11.2. The molecule has 0 spiro atoms. The third-order valence-corrected chi connectivity index (χ3v) is 3.86. The van der Waals surface area contributed by atoms with Crippen LogP contribution in [0.25, 0.3) is 11.1 Å². The SMILES string of the molecule is CCOC(=O)c1cncc(-c2ccc(C(=O)N3CCC3)cc2)c1. The van der Waals surface area contributed by atoms with Crippen molar-refractivity contribution in [3.8, 4) is 11.1 Å². The van der Waals surface area contributed by atoms with Crippen molar-refractivity contribution in [3.05, 3.63) is 53.9 Å². The number of benzene rings is 1. The normalized spacial score (nSPS) is 13.3. The van der Waals surface area contributed by atoms with Crippen molar-refractivity contribution >= 4 is 11.9 Å². The first kappa shape index (κ1) is 15.2.